The van der Waals surface area contributed by atoms with Crippen molar-refractivity contribution in [2.75, 3.05) is 27.2 Å². The summed E-state index contributed by atoms with van der Waals surface area (Å²) < 4.78 is 0. The minimum Gasteiger partial charge on any atom is -0.337 e. The highest BCUT2D eigenvalue weighted by molar-refractivity contribution is 5.78. The molecule has 0 spiro atoms. The number of hydrogen-bond acceptors (Lipinski definition) is 3. The fourth-order valence-corrected chi connectivity index (χ4v) is 2.77. The monoisotopic (exact) mass is 227 g/mol. The third kappa shape index (κ3) is 2.95. The molecule has 1 amide bonds. The van der Waals surface area contributed by atoms with Crippen molar-refractivity contribution in [2.24, 2.45) is 5.73 Å². The Hall–Kier alpha value is -0.610. The Morgan fingerprint density at radius 2 is 1.81 bits per heavy atom. The van der Waals surface area contributed by atoms with Crippen LogP contribution in [0.25, 0.3) is 0 Å². The van der Waals surface area contributed by atoms with E-state index < -0.39 is 0 Å². The zero-order chi connectivity index (χ0) is 12.1. The second-order valence-corrected chi connectivity index (χ2v) is 4.77. The summed E-state index contributed by atoms with van der Waals surface area (Å²) in [5.74, 6) is 0.0845. The van der Waals surface area contributed by atoms with Crippen LogP contribution in [-0.2, 0) is 4.79 Å². The summed E-state index contributed by atoms with van der Waals surface area (Å²) in [6.45, 7) is 2.93. The molecule has 0 saturated heterocycles. The van der Waals surface area contributed by atoms with E-state index in [0.29, 0.717) is 12.1 Å². The van der Waals surface area contributed by atoms with Gasteiger partial charge in [0.25, 0.3) is 0 Å². The molecule has 1 fully saturated rings. The zero-order valence-corrected chi connectivity index (χ0v) is 10.8. The predicted molar refractivity (Wildman–Crippen MR) is 66.2 cm³/mol. The molecule has 1 aliphatic rings. The SMILES string of the molecule is CCN(C(=O)CN)[C@H]1CCCC[C@@H]1N(C)C. The van der Waals surface area contributed by atoms with E-state index in [-0.39, 0.29) is 12.5 Å². The lowest BCUT2D eigenvalue weighted by Gasteiger charge is -2.42. The van der Waals surface area contributed by atoms with Crippen LogP contribution in [0.3, 0.4) is 0 Å². The standard InChI is InChI=1S/C12H25N3O/c1-4-15(12(16)9-13)11-8-6-5-7-10(11)14(2)3/h10-11H,4-9,13H2,1-3H3/t10-,11-/m0/s1. The van der Waals surface area contributed by atoms with Crippen LogP contribution < -0.4 is 5.73 Å². The highest BCUT2D eigenvalue weighted by Crippen LogP contribution is 2.25. The number of hydrogen-bond donors (Lipinski definition) is 1. The lowest BCUT2D eigenvalue weighted by molar-refractivity contribution is -0.133. The number of nitrogens with zero attached hydrogens (tertiary/aromatic N) is 2. The molecule has 0 aromatic rings. The maximum Gasteiger partial charge on any atom is 0.236 e. The van der Waals surface area contributed by atoms with Gasteiger partial charge < -0.3 is 15.5 Å². The maximum atomic E-state index is 11.8. The molecule has 2 atom stereocenters. The molecule has 4 heteroatoms. The number of rotatable bonds is 4. The molecular weight excluding hydrogens is 202 g/mol. The number of carbonyl (C=O) groups is 1. The van der Waals surface area contributed by atoms with E-state index >= 15 is 0 Å². The Morgan fingerprint density at radius 1 is 1.25 bits per heavy atom. The molecule has 0 aromatic heterocycles. The minimum absolute atomic E-state index is 0.0845. The summed E-state index contributed by atoms with van der Waals surface area (Å²) in [4.78, 5) is 16.0. The highest BCUT2D eigenvalue weighted by atomic mass is 16.2. The molecule has 94 valence electrons. The molecule has 0 aromatic carbocycles. The minimum atomic E-state index is 0.0845. The van der Waals surface area contributed by atoms with E-state index in [9.17, 15) is 4.79 Å². The van der Waals surface area contributed by atoms with Gasteiger partial charge in [-0.3, -0.25) is 4.79 Å². The average Bonchev–Trinajstić information content (AvgIpc) is 2.30. The van der Waals surface area contributed by atoms with Gasteiger partial charge in [-0.25, -0.2) is 0 Å². The van der Waals surface area contributed by atoms with Crippen molar-refractivity contribution in [1.82, 2.24) is 9.80 Å². The molecule has 4 nitrogen and oxygen atoms in total. The Kier molecular flexibility index (Phi) is 5.22. The molecule has 0 aliphatic heterocycles. The number of likely N-dealkylation sites (N-methyl/N-ethyl adjacent to an activating group) is 2. The Morgan fingerprint density at radius 3 is 2.25 bits per heavy atom. The summed E-state index contributed by atoms with van der Waals surface area (Å²) in [5, 5.41) is 0. The van der Waals surface area contributed by atoms with Gasteiger partial charge in [0, 0.05) is 18.6 Å². The smallest absolute Gasteiger partial charge is 0.236 e. The molecule has 1 saturated carbocycles. The summed E-state index contributed by atoms with van der Waals surface area (Å²) in [5.41, 5.74) is 5.47. The molecule has 0 radical (unpaired) electrons. The summed E-state index contributed by atoms with van der Waals surface area (Å²) in [6, 6.07) is 0.842. The van der Waals surface area contributed by atoms with Crippen LogP contribution in [0.1, 0.15) is 32.6 Å². The van der Waals surface area contributed by atoms with Crippen molar-refractivity contribution in [2.45, 2.75) is 44.7 Å². The van der Waals surface area contributed by atoms with Crippen molar-refractivity contribution in [1.29, 1.82) is 0 Å². The summed E-state index contributed by atoms with van der Waals surface area (Å²) in [7, 11) is 4.20. The van der Waals surface area contributed by atoms with Crippen LogP contribution in [0.5, 0.6) is 0 Å². The maximum absolute atomic E-state index is 11.8. The first kappa shape index (κ1) is 13.5. The first-order chi connectivity index (χ1) is 7.61. The molecule has 0 heterocycles. The van der Waals surface area contributed by atoms with Crippen LogP contribution in [0.2, 0.25) is 0 Å². The van der Waals surface area contributed by atoms with Crippen molar-refractivity contribution in [3.8, 4) is 0 Å². The third-order valence-electron chi connectivity index (χ3n) is 3.59. The van der Waals surface area contributed by atoms with Gasteiger partial charge in [-0.1, -0.05) is 12.8 Å². The number of carbonyl (C=O) groups excluding carboxylic acids is 1. The van der Waals surface area contributed by atoms with Crippen molar-refractivity contribution >= 4 is 5.91 Å². The van der Waals surface area contributed by atoms with Gasteiger partial charge >= 0.3 is 0 Å². The Bertz CT molecular complexity index is 230. The number of amides is 1. The van der Waals surface area contributed by atoms with Crippen LogP contribution in [-0.4, -0.2) is 55.0 Å². The molecule has 0 bridgehead atoms. The molecule has 0 unspecified atom stereocenters. The second-order valence-electron chi connectivity index (χ2n) is 4.77. The lowest BCUT2D eigenvalue weighted by atomic mass is 9.88. The Labute approximate surface area is 98.8 Å². The van der Waals surface area contributed by atoms with E-state index in [0.717, 1.165) is 13.0 Å². The van der Waals surface area contributed by atoms with Gasteiger partial charge in [0.15, 0.2) is 0 Å². The average molecular weight is 227 g/mol. The van der Waals surface area contributed by atoms with Crippen LogP contribution in [0, 0.1) is 0 Å². The van der Waals surface area contributed by atoms with Crippen LogP contribution in [0.15, 0.2) is 0 Å². The Balaban J connectivity index is 2.75. The quantitative estimate of drug-likeness (QED) is 0.768. The zero-order valence-electron chi connectivity index (χ0n) is 10.8. The predicted octanol–water partition coefficient (Wildman–Crippen LogP) is 0.666. The normalized spacial score (nSPS) is 25.8. The first-order valence-electron chi connectivity index (χ1n) is 6.27. The van der Waals surface area contributed by atoms with E-state index in [1.54, 1.807) is 0 Å². The largest absolute Gasteiger partial charge is 0.337 e. The van der Waals surface area contributed by atoms with E-state index in [4.69, 9.17) is 5.73 Å². The number of nitrogens with two attached hydrogens (primary N) is 1. The van der Waals surface area contributed by atoms with Gasteiger partial charge in [0.1, 0.15) is 0 Å². The van der Waals surface area contributed by atoms with E-state index in [1.807, 2.05) is 11.8 Å². The van der Waals surface area contributed by atoms with Crippen LogP contribution >= 0.6 is 0 Å². The van der Waals surface area contributed by atoms with Gasteiger partial charge in [0.2, 0.25) is 5.91 Å². The third-order valence-corrected chi connectivity index (χ3v) is 3.59. The van der Waals surface area contributed by atoms with E-state index in [1.165, 1.54) is 19.3 Å². The summed E-state index contributed by atoms with van der Waals surface area (Å²) in [6.07, 6.45) is 4.80. The van der Waals surface area contributed by atoms with Gasteiger partial charge in [-0.15, -0.1) is 0 Å². The molecule has 1 rings (SSSR count). The fraction of sp³-hybridized carbons (Fsp3) is 0.917. The van der Waals surface area contributed by atoms with Gasteiger partial charge in [0.05, 0.1) is 6.54 Å². The topological polar surface area (TPSA) is 49.6 Å². The molecule has 1 aliphatic carbocycles. The highest BCUT2D eigenvalue weighted by Gasteiger charge is 2.32. The lowest BCUT2D eigenvalue weighted by Crippen LogP contribution is -2.54. The van der Waals surface area contributed by atoms with Crippen LogP contribution in [0.4, 0.5) is 0 Å². The second kappa shape index (κ2) is 6.21. The van der Waals surface area contributed by atoms with Crippen molar-refractivity contribution in [3.63, 3.8) is 0 Å². The summed E-state index contributed by atoms with van der Waals surface area (Å²) >= 11 is 0. The molecule has 16 heavy (non-hydrogen) atoms. The van der Waals surface area contributed by atoms with Crippen molar-refractivity contribution < 1.29 is 4.79 Å². The first-order valence-corrected chi connectivity index (χ1v) is 6.27. The molecular formula is C12H25N3O. The fourth-order valence-electron chi connectivity index (χ4n) is 2.77. The van der Waals surface area contributed by atoms with E-state index in [2.05, 4.69) is 19.0 Å². The van der Waals surface area contributed by atoms with Gasteiger partial charge in [-0.05, 0) is 33.9 Å². The molecule has 2 N–H and O–H groups in total. The van der Waals surface area contributed by atoms with Gasteiger partial charge in [-0.2, -0.15) is 0 Å². The van der Waals surface area contributed by atoms with Crippen molar-refractivity contribution in [3.05, 3.63) is 0 Å².